The summed E-state index contributed by atoms with van der Waals surface area (Å²) in [6, 6.07) is 76.4. The van der Waals surface area contributed by atoms with Gasteiger partial charge in [-0.3, -0.25) is 5.43 Å². The number of aryl methyl sites for hydroxylation is 1. The zero-order chi connectivity index (χ0) is 41.5. The molecule has 2 aliphatic carbocycles. The molecule has 62 heavy (non-hydrogen) atoms. The third kappa shape index (κ3) is 6.35. The Morgan fingerprint density at radius 2 is 1.18 bits per heavy atom. The lowest BCUT2D eigenvalue weighted by molar-refractivity contribution is 0.385. The van der Waals surface area contributed by atoms with Gasteiger partial charge >= 0.3 is 0 Å². The van der Waals surface area contributed by atoms with E-state index in [2.05, 4.69) is 222 Å². The van der Waals surface area contributed by atoms with Crippen LogP contribution in [0, 0.1) is 0 Å². The van der Waals surface area contributed by atoms with E-state index in [4.69, 9.17) is 5.73 Å². The molecule has 2 atom stereocenters. The van der Waals surface area contributed by atoms with Crippen molar-refractivity contribution in [2.45, 2.75) is 36.9 Å². The molecule has 0 aliphatic heterocycles. The van der Waals surface area contributed by atoms with E-state index in [9.17, 15) is 0 Å². The smallest absolute Gasteiger partial charge is 0.0713 e. The maximum atomic E-state index is 7.21. The van der Waals surface area contributed by atoms with Crippen LogP contribution in [-0.2, 0) is 18.4 Å². The topological polar surface area (TPSA) is 55.0 Å². The van der Waals surface area contributed by atoms with E-state index in [-0.39, 0.29) is 12.1 Å². The predicted molar refractivity (Wildman–Crippen MR) is 256 cm³/mol. The van der Waals surface area contributed by atoms with Crippen LogP contribution in [0.1, 0.15) is 74.3 Å². The largest absolute Gasteiger partial charge is 0.322 e. The van der Waals surface area contributed by atoms with Crippen molar-refractivity contribution in [1.29, 1.82) is 0 Å². The highest BCUT2D eigenvalue weighted by molar-refractivity contribution is 6.08. The predicted octanol–water partition coefficient (Wildman–Crippen LogP) is 12.5. The Kier molecular flexibility index (Phi) is 9.82. The van der Waals surface area contributed by atoms with E-state index in [1.54, 1.807) is 0 Å². The highest BCUT2D eigenvalue weighted by Crippen LogP contribution is 2.59. The second-order valence-corrected chi connectivity index (χ2v) is 16.6. The second kappa shape index (κ2) is 16.1. The molecule has 9 aromatic rings. The van der Waals surface area contributed by atoms with Crippen molar-refractivity contribution in [2.75, 3.05) is 0 Å². The van der Waals surface area contributed by atoms with Gasteiger partial charge in [0.05, 0.1) is 28.7 Å². The molecule has 300 valence electrons. The van der Waals surface area contributed by atoms with Crippen molar-refractivity contribution >= 4 is 22.6 Å². The fourth-order valence-electron chi connectivity index (χ4n) is 10.4. The highest BCUT2D eigenvalue weighted by Gasteiger charge is 2.47. The average molecular weight is 801 g/mol. The van der Waals surface area contributed by atoms with Gasteiger partial charge in [-0.1, -0.05) is 194 Å². The van der Waals surface area contributed by atoms with Crippen molar-refractivity contribution < 1.29 is 0 Å². The Balaban J connectivity index is 1.14. The molecule has 1 aromatic heterocycles. The Morgan fingerprint density at radius 3 is 1.89 bits per heavy atom. The maximum Gasteiger partial charge on any atom is 0.0713 e. The van der Waals surface area contributed by atoms with Crippen LogP contribution in [0.25, 0.3) is 39.4 Å². The molecule has 8 aromatic carbocycles. The van der Waals surface area contributed by atoms with Gasteiger partial charge in [-0.05, 0) is 104 Å². The van der Waals surface area contributed by atoms with Crippen molar-refractivity contribution in [3.8, 4) is 16.8 Å². The van der Waals surface area contributed by atoms with E-state index in [0.29, 0.717) is 6.54 Å². The summed E-state index contributed by atoms with van der Waals surface area (Å²) in [6.45, 7) is 0.668. The summed E-state index contributed by atoms with van der Waals surface area (Å²) < 4.78 is 2.52. The molecule has 4 heteroatoms. The molecule has 11 rings (SSSR count). The number of aromatic nitrogens is 1. The van der Waals surface area contributed by atoms with Gasteiger partial charge in [0.2, 0.25) is 0 Å². The molecule has 4 nitrogen and oxygen atoms in total. The lowest BCUT2D eigenvalue weighted by Crippen LogP contribution is -2.40. The minimum atomic E-state index is -0.476. The van der Waals surface area contributed by atoms with Crippen LogP contribution in [0.3, 0.4) is 0 Å². The van der Waals surface area contributed by atoms with E-state index in [1.165, 1.54) is 72.2 Å². The fraction of sp³-hybridized carbons (Fsp3) is 0.103. The number of rotatable bonds is 11. The summed E-state index contributed by atoms with van der Waals surface area (Å²) >= 11 is 0. The molecular formula is C58H48N4. The molecule has 0 saturated heterocycles. The first-order chi connectivity index (χ1) is 30.7. The van der Waals surface area contributed by atoms with Gasteiger partial charge in [0.25, 0.3) is 0 Å². The summed E-state index contributed by atoms with van der Waals surface area (Å²) in [5.41, 5.74) is 32.8. The van der Waals surface area contributed by atoms with Crippen molar-refractivity contribution in [1.82, 2.24) is 15.4 Å². The SMILES string of the molecule is N[C@@H](c1ccccc1)C(NNCc1ccccc1)c1cccc(-n2c3c(c4c5c(ccc42)C(c2ccccc2)(c2ccccc2)c2ccccc2-5)CCC(c2ccccc2)=C3)c1. The monoisotopic (exact) mass is 800 g/mol. The van der Waals surface area contributed by atoms with Gasteiger partial charge in [0.1, 0.15) is 0 Å². The zero-order valence-corrected chi connectivity index (χ0v) is 34.6. The summed E-state index contributed by atoms with van der Waals surface area (Å²) in [6.07, 6.45) is 4.37. The van der Waals surface area contributed by atoms with Crippen LogP contribution < -0.4 is 16.6 Å². The number of nitrogens with one attached hydrogen (secondary N) is 2. The molecule has 1 unspecified atom stereocenters. The van der Waals surface area contributed by atoms with Crippen molar-refractivity contribution in [2.24, 2.45) is 5.73 Å². The first-order valence-electron chi connectivity index (χ1n) is 21.8. The number of fused-ring (bicyclic) bond motifs is 7. The molecule has 0 fully saturated rings. The quantitative estimate of drug-likeness (QED) is 0.114. The first kappa shape index (κ1) is 37.9. The molecule has 1 heterocycles. The zero-order valence-electron chi connectivity index (χ0n) is 34.6. The van der Waals surface area contributed by atoms with E-state index >= 15 is 0 Å². The first-order valence-corrected chi connectivity index (χ1v) is 21.8. The van der Waals surface area contributed by atoms with Gasteiger partial charge in [0, 0.05) is 17.6 Å². The summed E-state index contributed by atoms with van der Waals surface area (Å²) in [4.78, 5) is 0. The molecule has 0 spiro atoms. The molecule has 0 amide bonds. The second-order valence-electron chi connectivity index (χ2n) is 16.6. The normalized spacial score (nSPS) is 14.7. The van der Waals surface area contributed by atoms with Crippen LogP contribution in [0.2, 0.25) is 0 Å². The van der Waals surface area contributed by atoms with Gasteiger partial charge in [-0.25, -0.2) is 5.43 Å². The molecule has 0 radical (unpaired) electrons. The molecule has 4 N–H and O–H groups in total. The Hall–Kier alpha value is -7.08. The Labute approximate surface area is 364 Å². The minimum absolute atomic E-state index is 0.220. The third-order valence-electron chi connectivity index (χ3n) is 13.2. The van der Waals surface area contributed by atoms with E-state index in [0.717, 1.165) is 29.7 Å². The highest BCUT2D eigenvalue weighted by atomic mass is 15.4. The summed E-state index contributed by atoms with van der Waals surface area (Å²) in [5.74, 6) is 0. The van der Waals surface area contributed by atoms with Crippen LogP contribution in [0.15, 0.2) is 212 Å². The number of benzene rings is 8. The average Bonchev–Trinajstić information content (AvgIpc) is 3.84. The summed E-state index contributed by atoms with van der Waals surface area (Å²) in [7, 11) is 0. The number of hydrogen-bond acceptors (Lipinski definition) is 3. The lowest BCUT2D eigenvalue weighted by atomic mass is 9.67. The van der Waals surface area contributed by atoms with Crippen molar-refractivity contribution in [3.63, 3.8) is 0 Å². The van der Waals surface area contributed by atoms with Crippen LogP contribution in [-0.4, -0.2) is 4.57 Å². The minimum Gasteiger partial charge on any atom is -0.322 e. The van der Waals surface area contributed by atoms with Crippen LogP contribution in [0.4, 0.5) is 0 Å². The molecule has 0 bridgehead atoms. The maximum absolute atomic E-state index is 7.21. The van der Waals surface area contributed by atoms with Gasteiger partial charge in [0.15, 0.2) is 0 Å². The van der Waals surface area contributed by atoms with E-state index in [1.807, 2.05) is 12.1 Å². The number of nitrogens with zero attached hydrogens (tertiary/aromatic N) is 1. The number of hydrogen-bond donors (Lipinski definition) is 3. The van der Waals surface area contributed by atoms with Crippen LogP contribution >= 0.6 is 0 Å². The lowest BCUT2D eigenvalue weighted by Gasteiger charge is -2.33. The molecule has 0 saturated carbocycles. The summed E-state index contributed by atoms with van der Waals surface area (Å²) in [5, 5.41) is 1.34. The fourth-order valence-corrected chi connectivity index (χ4v) is 10.4. The Bertz CT molecular complexity index is 3010. The van der Waals surface area contributed by atoms with E-state index < -0.39 is 5.41 Å². The number of nitrogens with two attached hydrogens (primary N) is 1. The number of allylic oxidation sites excluding steroid dienone is 1. The number of hydrazine groups is 1. The van der Waals surface area contributed by atoms with Gasteiger partial charge in [-0.2, -0.15) is 0 Å². The molecular weight excluding hydrogens is 753 g/mol. The van der Waals surface area contributed by atoms with Crippen LogP contribution in [0.5, 0.6) is 0 Å². The Morgan fingerprint density at radius 1 is 0.565 bits per heavy atom. The van der Waals surface area contributed by atoms with Gasteiger partial charge in [-0.15, -0.1) is 0 Å². The van der Waals surface area contributed by atoms with Gasteiger partial charge < -0.3 is 10.3 Å². The third-order valence-corrected chi connectivity index (χ3v) is 13.2. The molecule has 2 aliphatic rings. The van der Waals surface area contributed by atoms with Crippen molar-refractivity contribution in [3.05, 3.63) is 268 Å². The standard InChI is InChI=1S/C58H48N4/c59-56(42-23-10-3-11-24-42)57(61-60-39-40-19-6-1-7-20-40)44-25-18-30-47(37-44)62-52-36-35-51-54(55(52)49-34-33-43(38-53(49)62)41-21-8-2-9-22-41)48-31-16-17-32-50(48)58(51,45-26-12-4-13-27-45)46-28-14-5-15-29-46/h1-32,35-38,56-57,60-61H,33-34,39,59H2/t56-,57?/m0/s1.